The molecule has 20 heavy (non-hydrogen) atoms. The smallest absolute Gasteiger partial charge is 0.253 e. The molecule has 4 heteroatoms. The molecule has 0 heterocycles. The highest BCUT2D eigenvalue weighted by molar-refractivity contribution is 5.99. The number of nitrogens with one attached hydrogen (secondary N) is 1. The molecule has 0 bridgehead atoms. The molecule has 0 unspecified atom stereocenters. The van der Waals surface area contributed by atoms with Crippen molar-refractivity contribution in [3.05, 3.63) is 65.0 Å². The molecule has 1 amide bonds. The Balaban J connectivity index is 2.17. The molecule has 1 atom stereocenters. The Morgan fingerprint density at radius 1 is 1.25 bits per heavy atom. The average molecular weight is 272 g/mol. The number of benzene rings is 2. The first-order valence-corrected chi connectivity index (χ1v) is 6.40. The summed E-state index contributed by atoms with van der Waals surface area (Å²) in [4.78, 5) is 12.2. The normalized spacial score (nSPS) is 11.9. The van der Waals surface area contributed by atoms with Crippen LogP contribution in [0.1, 0.15) is 34.5 Å². The summed E-state index contributed by atoms with van der Waals surface area (Å²) >= 11 is 0. The van der Waals surface area contributed by atoms with Crippen LogP contribution in [-0.4, -0.2) is 5.91 Å². The first-order chi connectivity index (χ1) is 9.49. The van der Waals surface area contributed by atoms with Gasteiger partial charge in [-0.25, -0.2) is 4.39 Å². The first kappa shape index (κ1) is 14.1. The Hall–Kier alpha value is -2.36. The second-order valence-corrected chi connectivity index (χ2v) is 4.78. The van der Waals surface area contributed by atoms with Gasteiger partial charge in [-0.15, -0.1) is 0 Å². The Morgan fingerprint density at radius 3 is 2.60 bits per heavy atom. The quantitative estimate of drug-likeness (QED) is 0.843. The fraction of sp³-hybridized carbons (Fsp3) is 0.188. The van der Waals surface area contributed by atoms with E-state index in [4.69, 9.17) is 5.73 Å². The van der Waals surface area contributed by atoms with Crippen molar-refractivity contribution in [2.24, 2.45) is 0 Å². The molecule has 2 aromatic rings. The predicted molar refractivity (Wildman–Crippen MR) is 77.9 cm³/mol. The molecule has 0 aromatic heterocycles. The van der Waals surface area contributed by atoms with Crippen LogP contribution in [0, 0.1) is 12.7 Å². The summed E-state index contributed by atoms with van der Waals surface area (Å²) in [5.41, 5.74) is 8.24. The number of hydrogen-bond acceptors (Lipinski definition) is 2. The Kier molecular flexibility index (Phi) is 4.03. The standard InChI is InChI=1S/C16H17FN2O/c1-10-5-3-4-6-13(10)11(2)19-16(20)14-8-7-12(17)9-15(14)18/h3-9,11H,18H2,1-2H3,(H,19,20)/t11-/m1/s1. The molecular weight excluding hydrogens is 255 g/mol. The second-order valence-electron chi connectivity index (χ2n) is 4.78. The Morgan fingerprint density at radius 2 is 1.95 bits per heavy atom. The highest BCUT2D eigenvalue weighted by atomic mass is 19.1. The van der Waals surface area contributed by atoms with E-state index in [2.05, 4.69) is 5.32 Å². The van der Waals surface area contributed by atoms with E-state index < -0.39 is 5.82 Å². The third kappa shape index (κ3) is 2.96. The maximum Gasteiger partial charge on any atom is 0.253 e. The Bertz CT molecular complexity index is 640. The zero-order valence-electron chi connectivity index (χ0n) is 11.5. The number of hydrogen-bond donors (Lipinski definition) is 2. The van der Waals surface area contributed by atoms with E-state index in [9.17, 15) is 9.18 Å². The molecule has 0 aliphatic carbocycles. The summed E-state index contributed by atoms with van der Waals surface area (Å²) in [7, 11) is 0. The van der Waals surface area contributed by atoms with Gasteiger partial charge in [0.15, 0.2) is 0 Å². The number of nitrogens with two attached hydrogens (primary N) is 1. The van der Waals surface area contributed by atoms with Crippen LogP contribution in [0.2, 0.25) is 0 Å². The van der Waals surface area contributed by atoms with E-state index in [1.54, 1.807) is 0 Å². The van der Waals surface area contributed by atoms with Crippen LogP contribution < -0.4 is 11.1 Å². The molecule has 0 saturated carbocycles. The number of nitrogen functional groups attached to an aromatic ring is 1. The van der Waals surface area contributed by atoms with Crippen LogP contribution in [0.5, 0.6) is 0 Å². The van der Waals surface area contributed by atoms with E-state index in [-0.39, 0.29) is 23.2 Å². The molecular formula is C16H17FN2O. The van der Waals surface area contributed by atoms with E-state index in [0.717, 1.165) is 17.2 Å². The minimum Gasteiger partial charge on any atom is -0.398 e. The van der Waals surface area contributed by atoms with E-state index in [0.29, 0.717) is 0 Å². The summed E-state index contributed by atoms with van der Waals surface area (Å²) in [6.07, 6.45) is 0. The number of carbonyl (C=O) groups is 1. The van der Waals surface area contributed by atoms with Gasteiger partial charge in [0, 0.05) is 5.69 Å². The summed E-state index contributed by atoms with van der Waals surface area (Å²) in [6.45, 7) is 3.89. The van der Waals surface area contributed by atoms with Crippen molar-refractivity contribution in [3.63, 3.8) is 0 Å². The molecule has 0 saturated heterocycles. The number of amides is 1. The van der Waals surface area contributed by atoms with Crippen LogP contribution in [0.3, 0.4) is 0 Å². The lowest BCUT2D eigenvalue weighted by molar-refractivity contribution is 0.0940. The number of rotatable bonds is 3. The summed E-state index contributed by atoms with van der Waals surface area (Å²) in [5, 5.41) is 2.87. The van der Waals surface area contributed by atoms with Gasteiger partial charge in [0.25, 0.3) is 5.91 Å². The van der Waals surface area contributed by atoms with Gasteiger partial charge in [-0.05, 0) is 43.2 Å². The Labute approximate surface area is 117 Å². The molecule has 0 aliphatic heterocycles. The highest BCUT2D eigenvalue weighted by Gasteiger charge is 2.15. The summed E-state index contributed by atoms with van der Waals surface area (Å²) in [6, 6.07) is 11.5. The van der Waals surface area contributed by atoms with Crippen molar-refractivity contribution in [1.29, 1.82) is 0 Å². The summed E-state index contributed by atoms with van der Waals surface area (Å²) in [5.74, 6) is -0.760. The van der Waals surface area contributed by atoms with Gasteiger partial charge in [-0.2, -0.15) is 0 Å². The number of anilines is 1. The van der Waals surface area contributed by atoms with E-state index in [1.807, 2.05) is 38.1 Å². The first-order valence-electron chi connectivity index (χ1n) is 6.40. The largest absolute Gasteiger partial charge is 0.398 e. The number of aryl methyl sites for hydroxylation is 1. The third-order valence-corrected chi connectivity index (χ3v) is 3.26. The van der Waals surface area contributed by atoms with Gasteiger partial charge < -0.3 is 11.1 Å². The summed E-state index contributed by atoms with van der Waals surface area (Å²) < 4.78 is 13.0. The lowest BCUT2D eigenvalue weighted by Gasteiger charge is -2.17. The van der Waals surface area contributed by atoms with Crippen LogP contribution in [0.25, 0.3) is 0 Å². The minimum atomic E-state index is -0.453. The zero-order valence-corrected chi connectivity index (χ0v) is 11.5. The third-order valence-electron chi connectivity index (χ3n) is 3.26. The van der Waals surface area contributed by atoms with Gasteiger partial charge in [0.1, 0.15) is 5.82 Å². The van der Waals surface area contributed by atoms with Crippen LogP contribution in [-0.2, 0) is 0 Å². The lowest BCUT2D eigenvalue weighted by atomic mass is 10.0. The highest BCUT2D eigenvalue weighted by Crippen LogP contribution is 2.19. The van der Waals surface area contributed by atoms with Gasteiger partial charge in [0.2, 0.25) is 0 Å². The van der Waals surface area contributed by atoms with Crippen LogP contribution in [0.4, 0.5) is 10.1 Å². The van der Waals surface area contributed by atoms with Gasteiger partial charge in [0.05, 0.1) is 11.6 Å². The van der Waals surface area contributed by atoms with Gasteiger partial charge >= 0.3 is 0 Å². The van der Waals surface area contributed by atoms with E-state index in [1.165, 1.54) is 12.1 Å². The second kappa shape index (κ2) is 5.74. The predicted octanol–water partition coefficient (Wildman–Crippen LogP) is 3.21. The SMILES string of the molecule is Cc1ccccc1[C@@H](C)NC(=O)c1ccc(F)cc1N. The van der Waals surface area contributed by atoms with Crippen LogP contribution in [0.15, 0.2) is 42.5 Å². The van der Waals surface area contributed by atoms with Crippen molar-refractivity contribution >= 4 is 11.6 Å². The lowest BCUT2D eigenvalue weighted by Crippen LogP contribution is -2.27. The molecule has 0 aliphatic rings. The van der Waals surface area contributed by atoms with Crippen molar-refractivity contribution in [2.75, 3.05) is 5.73 Å². The van der Waals surface area contributed by atoms with Crippen LogP contribution >= 0.6 is 0 Å². The van der Waals surface area contributed by atoms with Crippen molar-refractivity contribution in [2.45, 2.75) is 19.9 Å². The zero-order chi connectivity index (χ0) is 14.7. The topological polar surface area (TPSA) is 55.1 Å². The minimum absolute atomic E-state index is 0.138. The van der Waals surface area contributed by atoms with Gasteiger partial charge in [-0.1, -0.05) is 24.3 Å². The molecule has 3 nitrogen and oxygen atoms in total. The van der Waals surface area contributed by atoms with E-state index >= 15 is 0 Å². The molecule has 2 rings (SSSR count). The monoisotopic (exact) mass is 272 g/mol. The molecule has 0 spiro atoms. The average Bonchev–Trinajstić information content (AvgIpc) is 2.38. The fourth-order valence-corrected chi connectivity index (χ4v) is 2.17. The molecule has 0 fully saturated rings. The van der Waals surface area contributed by atoms with Crippen molar-refractivity contribution in [1.82, 2.24) is 5.32 Å². The number of halogens is 1. The van der Waals surface area contributed by atoms with Gasteiger partial charge in [-0.3, -0.25) is 4.79 Å². The fourth-order valence-electron chi connectivity index (χ4n) is 2.17. The maximum absolute atomic E-state index is 13.0. The molecule has 3 N–H and O–H groups in total. The molecule has 2 aromatic carbocycles. The maximum atomic E-state index is 13.0. The molecule has 104 valence electrons. The number of carbonyl (C=O) groups excluding carboxylic acids is 1. The van der Waals surface area contributed by atoms with Crippen molar-refractivity contribution < 1.29 is 9.18 Å². The van der Waals surface area contributed by atoms with Crippen molar-refractivity contribution in [3.8, 4) is 0 Å². The molecule has 0 radical (unpaired) electrons.